The molecule has 2 aromatic heterocycles. The number of carbonyl (C=O) groups is 1. The van der Waals surface area contributed by atoms with E-state index in [4.69, 9.17) is 4.42 Å². The topological polar surface area (TPSA) is 95.7 Å². The standard InChI is InChI=1S/C20H26N6O2S/c1-4-22-20(29-3)15-13-17(25-19(23-15)16-6-5-14(2)28-16)24-18(27)7-10-26-11-8-21-9-12-26/h4-6,13,21H,1,7-12H2,2-3H3,(H,23,24,25,27)/b22-20-. The summed E-state index contributed by atoms with van der Waals surface area (Å²) >= 11 is 1.45. The lowest BCUT2D eigenvalue weighted by Crippen LogP contribution is -2.44. The quantitative estimate of drug-likeness (QED) is 0.531. The Morgan fingerprint density at radius 1 is 1.41 bits per heavy atom. The fourth-order valence-electron chi connectivity index (χ4n) is 2.99. The van der Waals surface area contributed by atoms with Gasteiger partial charge in [0.2, 0.25) is 5.91 Å². The number of nitrogens with zero attached hydrogens (tertiary/aromatic N) is 4. The largest absolute Gasteiger partial charge is 0.458 e. The third kappa shape index (κ3) is 5.99. The van der Waals surface area contributed by atoms with Crippen LogP contribution < -0.4 is 10.6 Å². The van der Waals surface area contributed by atoms with Gasteiger partial charge in [-0.25, -0.2) is 15.0 Å². The van der Waals surface area contributed by atoms with E-state index in [2.05, 4.69) is 37.1 Å². The highest BCUT2D eigenvalue weighted by molar-refractivity contribution is 8.13. The summed E-state index contributed by atoms with van der Waals surface area (Å²) in [7, 11) is 0. The number of aromatic nitrogens is 2. The van der Waals surface area contributed by atoms with Gasteiger partial charge in [-0.3, -0.25) is 4.79 Å². The SMILES string of the molecule is C=C/N=C(\SC)c1cc(NC(=O)CCN2CCNCC2)nc(-c2ccc(C)o2)n1. The van der Waals surface area contributed by atoms with Crippen LogP contribution in [0.5, 0.6) is 0 Å². The molecule has 1 aliphatic heterocycles. The molecule has 0 radical (unpaired) electrons. The van der Waals surface area contributed by atoms with Gasteiger partial charge in [-0.05, 0) is 25.3 Å². The highest BCUT2D eigenvalue weighted by Crippen LogP contribution is 2.22. The van der Waals surface area contributed by atoms with Crippen molar-refractivity contribution in [1.82, 2.24) is 20.2 Å². The van der Waals surface area contributed by atoms with Crippen molar-refractivity contribution in [2.45, 2.75) is 13.3 Å². The number of anilines is 1. The number of hydrogen-bond donors (Lipinski definition) is 2. The minimum absolute atomic E-state index is 0.0823. The minimum Gasteiger partial charge on any atom is -0.458 e. The first-order valence-electron chi connectivity index (χ1n) is 9.51. The Kier molecular flexibility index (Phi) is 7.56. The Balaban J connectivity index is 1.79. The third-order valence-corrected chi connectivity index (χ3v) is 5.14. The van der Waals surface area contributed by atoms with E-state index in [9.17, 15) is 4.79 Å². The molecular weight excluding hydrogens is 388 g/mol. The van der Waals surface area contributed by atoms with Gasteiger partial charge in [0.15, 0.2) is 11.6 Å². The van der Waals surface area contributed by atoms with Gasteiger partial charge in [-0.1, -0.05) is 6.58 Å². The molecule has 0 aliphatic carbocycles. The molecule has 2 N–H and O–H groups in total. The molecule has 1 fully saturated rings. The van der Waals surface area contributed by atoms with E-state index in [1.807, 2.05) is 25.3 Å². The van der Waals surface area contributed by atoms with E-state index >= 15 is 0 Å². The number of nitrogens with one attached hydrogen (secondary N) is 2. The van der Waals surface area contributed by atoms with Gasteiger partial charge in [-0.15, -0.1) is 11.8 Å². The molecule has 0 bridgehead atoms. The van der Waals surface area contributed by atoms with Gasteiger partial charge in [0, 0.05) is 51.4 Å². The summed E-state index contributed by atoms with van der Waals surface area (Å²) in [6.07, 6.45) is 3.79. The van der Waals surface area contributed by atoms with E-state index in [-0.39, 0.29) is 5.91 Å². The second-order valence-electron chi connectivity index (χ2n) is 6.58. The maximum atomic E-state index is 12.5. The molecule has 29 heavy (non-hydrogen) atoms. The van der Waals surface area contributed by atoms with Gasteiger partial charge >= 0.3 is 0 Å². The minimum atomic E-state index is -0.0823. The normalized spacial score (nSPS) is 15.3. The fourth-order valence-corrected chi connectivity index (χ4v) is 3.49. The van der Waals surface area contributed by atoms with Crippen molar-refractivity contribution < 1.29 is 9.21 Å². The first-order valence-corrected chi connectivity index (χ1v) is 10.7. The molecule has 0 saturated carbocycles. The van der Waals surface area contributed by atoms with Crippen molar-refractivity contribution >= 4 is 28.5 Å². The summed E-state index contributed by atoms with van der Waals surface area (Å²) in [5.41, 5.74) is 0.605. The van der Waals surface area contributed by atoms with Crippen molar-refractivity contribution in [2.24, 2.45) is 4.99 Å². The molecule has 0 aromatic carbocycles. The van der Waals surface area contributed by atoms with Crippen LogP contribution in [0.1, 0.15) is 17.9 Å². The van der Waals surface area contributed by atoms with Gasteiger partial charge in [0.05, 0.1) is 0 Å². The van der Waals surface area contributed by atoms with E-state index in [0.717, 1.165) is 38.5 Å². The first kappa shape index (κ1) is 21.2. The third-order valence-electron chi connectivity index (χ3n) is 4.44. The van der Waals surface area contributed by atoms with Crippen LogP contribution in [-0.4, -0.2) is 64.8 Å². The first-order chi connectivity index (χ1) is 14.1. The number of thioether (sulfide) groups is 1. The smallest absolute Gasteiger partial charge is 0.226 e. The fraction of sp³-hybridized carbons (Fsp3) is 0.400. The predicted molar refractivity (Wildman–Crippen MR) is 117 cm³/mol. The lowest BCUT2D eigenvalue weighted by atomic mass is 10.3. The molecule has 1 saturated heterocycles. The highest BCUT2D eigenvalue weighted by atomic mass is 32.2. The zero-order valence-corrected chi connectivity index (χ0v) is 17.6. The number of furan rings is 1. The van der Waals surface area contributed by atoms with Gasteiger partial charge in [-0.2, -0.15) is 0 Å². The number of aryl methyl sites for hydroxylation is 1. The Morgan fingerprint density at radius 3 is 2.86 bits per heavy atom. The number of rotatable bonds is 7. The van der Waals surface area contributed by atoms with Crippen LogP contribution in [0.15, 0.2) is 40.4 Å². The van der Waals surface area contributed by atoms with Crippen molar-refractivity contribution in [3.63, 3.8) is 0 Å². The van der Waals surface area contributed by atoms with Crippen LogP contribution in [0.25, 0.3) is 11.6 Å². The molecule has 1 amide bonds. The number of amides is 1. The van der Waals surface area contributed by atoms with Crippen molar-refractivity contribution in [3.05, 3.63) is 42.4 Å². The molecule has 2 aromatic rings. The van der Waals surface area contributed by atoms with Crippen LogP contribution in [0.4, 0.5) is 5.82 Å². The second kappa shape index (κ2) is 10.3. The Labute approximate surface area is 174 Å². The predicted octanol–water partition coefficient (Wildman–Crippen LogP) is 2.53. The summed E-state index contributed by atoms with van der Waals surface area (Å²) in [5, 5.41) is 6.89. The summed E-state index contributed by atoms with van der Waals surface area (Å²) in [4.78, 5) is 28.1. The summed E-state index contributed by atoms with van der Waals surface area (Å²) in [6.45, 7) is 10.1. The molecule has 0 atom stereocenters. The number of aliphatic imine (C=N–C) groups is 1. The van der Waals surface area contributed by atoms with E-state index in [1.54, 1.807) is 6.07 Å². The second-order valence-corrected chi connectivity index (χ2v) is 7.38. The average Bonchev–Trinajstić information content (AvgIpc) is 3.17. The maximum absolute atomic E-state index is 12.5. The molecular formula is C20H26N6O2S. The molecule has 0 spiro atoms. The monoisotopic (exact) mass is 414 g/mol. The number of hydrogen-bond acceptors (Lipinski definition) is 8. The molecule has 8 nitrogen and oxygen atoms in total. The lowest BCUT2D eigenvalue weighted by molar-refractivity contribution is -0.116. The van der Waals surface area contributed by atoms with Gasteiger partial charge in [0.1, 0.15) is 22.3 Å². The Morgan fingerprint density at radius 2 is 2.21 bits per heavy atom. The lowest BCUT2D eigenvalue weighted by Gasteiger charge is -2.26. The molecule has 1 aliphatic rings. The van der Waals surface area contributed by atoms with Crippen LogP contribution in [-0.2, 0) is 4.79 Å². The van der Waals surface area contributed by atoms with Crippen molar-refractivity contribution in [1.29, 1.82) is 0 Å². The molecule has 0 unspecified atom stereocenters. The maximum Gasteiger partial charge on any atom is 0.226 e. The van der Waals surface area contributed by atoms with Crippen LogP contribution in [0, 0.1) is 6.92 Å². The van der Waals surface area contributed by atoms with Crippen LogP contribution in [0.2, 0.25) is 0 Å². The molecule has 9 heteroatoms. The Hall–Kier alpha value is -2.49. The van der Waals surface area contributed by atoms with Crippen molar-refractivity contribution in [2.75, 3.05) is 44.3 Å². The highest BCUT2D eigenvalue weighted by Gasteiger charge is 2.16. The van der Waals surface area contributed by atoms with Gasteiger partial charge < -0.3 is 20.0 Å². The summed E-state index contributed by atoms with van der Waals surface area (Å²) < 4.78 is 5.67. The zero-order chi connectivity index (χ0) is 20.6. The molecule has 3 heterocycles. The summed E-state index contributed by atoms with van der Waals surface area (Å²) in [6, 6.07) is 5.39. The van der Waals surface area contributed by atoms with Gasteiger partial charge in [0.25, 0.3) is 0 Å². The number of piperazine rings is 1. The molecule has 154 valence electrons. The van der Waals surface area contributed by atoms with E-state index in [1.165, 1.54) is 18.0 Å². The van der Waals surface area contributed by atoms with Crippen molar-refractivity contribution in [3.8, 4) is 11.6 Å². The summed E-state index contributed by atoms with van der Waals surface area (Å²) in [5.74, 6) is 2.05. The Bertz CT molecular complexity index is 889. The zero-order valence-electron chi connectivity index (χ0n) is 16.8. The van der Waals surface area contributed by atoms with Crippen LogP contribution >= 0.6 is 11.8 Å². The average molecular weight is 415 g/mol. The van der Waals surface area contributed by atoms with E-state index in [0.29, 0.717) is 34.6 Å². The molecule has 3 rings (SSSR count). The van der Waals surface area contributed by atoms with E-state index < -0.39 is 0 Å². The number of carbonyl (C=O) groups excluding carboxylic acids is 1. The van der Waals surface area contributed by atoms with Crippen LogP contribution in [0.3, 0.4) is 0 Å².